The van der Waals surface area contributed by atoms with Crippen molar-refractivity contribution < 1.29 is 22.8 Å². The number of nitrogens with one attached hydrogen (secondary N) is 1. The summed E-state index contributed by atoms with van der Waals surface area (Å²) in [5.41, 5.74) is 0.168. The van der Waals surface area contributed by atoms with Crippen LogP contribution >= 0.6 is 0 Å². The molecule has 2 amide bonds. The smallest absolute Gasteiger partial charge is 0.326 e. The molecule has 0 unspecified atom stereocenters. The van der Waals surface area contributed by atoms with Crippen molar-refractivity contribution in [1.29, 1.82) is 0 Å². The summed E-state index contributed by atoms with van der Waals surface area (Å²) in [4.78, 5) is 25.2. The average molecular weight is 350 g/mol. The third-order valence-electron chi connectivity index (χ3n) is 3.51. The molecule has 0 aliphatic heterocycles. The van der Waals surface area contributed by atoms with E-state index in [4.69, 9.17) is 0 Å². The maximum atomic E-state index is 12.5. The Morgan fingerprint density at radius 2 is 1.60 bits per heavy atom. The van der Waals surface area contributed by atoms with Gasteiger partial charge >= 0.3 is 6.18 Å². The van der Waals surface area contributed by atoms with Gasteiger partial charge in [-0.2, -0.15) is 13.2 Å². The van der Waals surface area contributed by atoms with Crippen LogP contribution in [-0.2, 0) is 15.8 Å². The minimum atomic E-state index is -4.42. The second-order valence-electron chi connectivity index (χ2n) is 5.38. The third kappa shape index (κ3) is 5.34. The van der Waals surface area contributed by atoms with E-state index in [1.165, 1.54) is 24.0 Å². The van der Waals surface area contributed by atoms with Crippen molar-refractivity contribution in [3.8, 4) is 0 Å². The summed E-state index contributed by atoms with van der Waals surface area (Å²) in [6, 6.07) is 13.1. The lowest BCUT2D eigenvalue weighted by Gasteiger charge is -2.20. The summed E-state index contributed by atoms with van der Waals surface area (Å²) < 4.78 is 37.5. The Kier molecular flexibility index (Phi) is 5.80. The molecular weight excluding hydrogens is 333 g/mol. The van der Waals surface area contributed by atoms with Crippen molar-refractivity contribution in [2.45, 2.75) is 19.5 Å². The fraction of sp³-hybridized carbons (Fsp3) is 0.222. The van der Waals surface area contributed by atoms with Crippen molar-refractivity contribution in [1.82, 2.24) is 0 Å². The molecule has 7 heteroatoms. The van der Waals surface area contributed by atoms with Crippen LogP contribution in [0.2, 0.25) is 0 Å². The number of amides is 2. The molecule has 0 aliphatic rings. The van der Waals surface area contributed by atoms with Gasteiger partial charge in [0, 0.05) is 31.3 Å². The number of anilines is 2. The lowest BCUT2D eigenvalue weighted by molar-refractivity contribution is -0.137. The number of para-hydroxylation sites is 1. The van der Waals surface area contributed by atoms with Crippen molar-refractivity contribution in [2.75, 3.05) is 16.8 Å². The number of hydrogen-bond donors (Lipinski definition) is 1. The number of hydrogen-bond acceptors (Lipinski definition) is 2. The number of halogens is 3. The summed E-state index contributed by atoms with van der Waals surface area (Å²) >= 11 is 0. The molecule has 0 saturated heterocycles. The molecule has 0 spiro atoms. The van der Waals surface area contributed by atoms with Crippen LogP contribution in [0.25, 0.3) is 0 Å². The van der Waals surface area contributed by atoms with Gasteiger partial charge in [-0.3, -0.25) is 9.59 Å². The fourth-order valence-electron chi connectivity index (χ4n) is 2.26. The van der Waals surface area contributed by atoms with E-state index in [9.17, 15) is 22.8 Å². The largest absolute Gasteiger partial charge is 0.416 e. The Morgan fingerprint density at radius 3 is 2.12 bits per heavy atom. The standard InChI is InChI=1S/C18H17F3N2O2/c1-13(24)23(16-5-3-2-4-6-16)12-11-17(25)22-15-9-7-14(8-10-15)18(19,20)21/h2-10H,11-12H2,1H3,(H,22,25). The van der Waals surface area contributed by atoms with Crippen molar-refractivity contribution >= 4 is 23.2 Å². The summed E-state index contributed by atoms with van der Waals surface area (Å²) in [7, 11) is 0. The second-order valence-corrected chi connectivity index (χ2v) is 5.38. The molecule has 1 N–H and O–H groups in total. The quantitative estimate of drug-likeness (QED) is 0.883. The fourth-order valence-corrected chi connectivity index (χ4v) is 2.26. The van der Waals surface area contributed by atoms with Crippen LogP contribution in [-0.4, -0.2) is 18.4 Å². The summed E-state index contributed by atoms with van der Waals surface area (Å²) in [5.74, 6) is -0.588. The highest BCUT2D eigenvalue weighted by Gasteiger charge is 2.30. The molecule has 25 heavy (non-hydrogen) atoms. The Labute approximate surface area is 143 Å². The van der Waals surface area contributed by atoms with Crippen molar-refractivity contribution in [3.05, 3.63) is 60.2 Å². The average Bonchev–Trinajstić information content (AvgIpc) is 2.55. The second kappa shape index (κ2) is 7.83. The number of alkyl halides is 3. The molecule has 0 bridgehead atoms. The van der Waals surface area contributed by atoms with E-state index in [2.05, 4.69) is 5.32 Å². The van der Waals surface area contributed by atoms with Gasteiger partial charge in [0.05, 0.1) is 5.56 Å². The first-order chi connectivity index (χ1) is 11.8. The normalized spacial score (nSPS) is 11.0. The van der Waals surface area contributed by atoms with Crippen LogP contribution < -0.4 is 10.2 Å². The third-order valence-corrected chi connectivity index (χ3v) is 3.51. The maximum Gasteiger partial charge on any atom is 0.416 e. The zero-order valence-corrected chi connectivity index (χ0v) is 13.5. The van der Waals surface area contributed by atoms with Gasteiger partial charge in [0.25, 0.3) is 0 Å². The summed E-state index contributed by atoms with van der Waals surface area (Å²) in [6.07, 6.45) is -4.39. The number of nitrogens with zero attached hydrogens (tertiary/aromatic N) is 1. The van der Waals surface area contributed by atoms with Crippen LogP contribution in [0.15, 0.2) is 54.6 Å². The number of carbonyl (C=O) groups excluding carboxylic acids is 2. The molecular formula is C18H17F3N2O2. The molecule has 2 aromatic carbocycles. The molecule has 0 fully saturated rings. The molecule has 0 atom stereocenters. The van der Waals surface area contributed by atoms with E-state index >= 15 is 0 Å². The molecule has 4 nitrogen and oxygen atoms in total. The van der Waals surface area contributed by atoms with Crippen LogP contribution in [0.1, 0.15) is 18.9 Å². The number of carbonyl (C=O) groups is 2. The molecule has 0 heterocycles. The first-order valence-corrected chi connectivity index (χ1v) is 7.57. The molecule has 0 aromatic heterocycles. The summed E-state index contributed by atoms with van der Waals surface area (Å²) in [6.45, 7) is 1.58. The molecule has 0 radical (unpaired) electrons. The minimum Gasteiger partial charge on any atom is -0.326 e. The van der Waals surface area contributed by atoms with Crippen molar-refractivity contribution in [3.63, 3.8) is 0 Å². The van der Waals surface area contributed by atoms with Gasteiger partial charge in [0.15, 0.2) is 0 Å². The summed E-state index contributed by atoms with van der Waals surface area (Å²) in [5, 5.41) is 2.52. The van der Waals surface area contributed by atoms with Gasteiger partial charge in [-0.1, -0.05) is 18.2 Å². The maximum absolute atomic E-state index is 12.5. The molecule has 2 rings (SSSR count). The van der Waals surface area contributed by atoms with Gasteiger partial charge in [0.2, 0.25) is 11.8 Å². The van der Waals surface area contributed by atoms with E-state index in [1.54, 1.807) is 24.3 Å². The molecule has 2 aromatic rings. The number of benzene rings is 2. The monoisotopic (exact) mass is 350 g/mol. The highest BCUT2D eigenvalue weighted by molar-refractivity contribution is 5.94. The van der Waals surface area contributed by atoms with Gasteiger partial charge in [-0.15, -0.1) is 0 Å². The highest BCUT2D eigenvalue weighted by atomic mass is 19.4. The predicted molar refractivity (Wildman–Crippen MR) is 89.2 cm³/mol. The topological polar surface area (TPSA) is 49.4 Å². The predicted octanol–water partition coefficient (Wildman–Crippen LogP) is 4.09. The minimum absolute atomic E-state index is 0.0233. The van der Waals surface area contributed by atoms with Crippen molar-refractivity contribution in [2.24, 2.45) is 0 Å². The SMILES string of the molecule is CC(=O)N(CCC(=O)Nc1ccc(C(F)(F)F)cc1)c1ccccc1. The lowest BCUT2D eigenvalue weighted by atomic mass is 10.2. The van der Waals surface area contributed by atoms with Crippen LogP contribution in [0.4, 0.5) is 24.5 Å². The van der Waals surface area contributed by atoms with E-state index in [0.29, 0.717) is 5.69 Å². The molecule has 132 valence electrons. The van der Waals surface area contributed by atoms with E-state index < -0.39 is 11.7 Å². The zero-order valence-electron chi connectivity index (χ0n) is 13.5. The highest BCUT2D eigenvalue weighted by Crippen LogP contribution is 2.29. The first-order valence-electron chi connectivity index (χ1n) is 7.57. The molecule has 0 saturated carbocycles. The Bertz CT molecular complexity index is 728. The Balaban J connectivity index is 1.94. The first kappa shape index (κ1) is 18.5. The lowest BCUT2D eigenvalue weighted by Crippen LogP contribution is -2.31. The van der Waals surface area contributed by atoms with Gasteiger partial charge in [-0.25, -0.2) is 0 Å². The van der Waals surface area contributed by atoms with Gasteiger partial charge in [-0.05, 0) is 36.4 Å². The van der Waals surface area contributed by atoms with E-state index in [0.717, 1.165) is 12.1 Å². The van der Waals surface area contributed by atoms with Crippen LogP contribution in [0.3, 0.4) is 0 Å². The molecule has 0 aliphatic carbocycles. The Hall–Kier alpha value is -2.83. The van der Waals surface area contributed by atoms with E-state index in [1.807, 2.05) is 6.07 Å². The van der Waals surface area contributed by atoms with Gasteiger partial charge < -0.3 is 10.2 Å². The van der Waals surface area contributed by atoms with E-state index in [-0.39, 0.29) is 30.5 Å². The van der Waals surface area contributed by atoms with Crippen LogP contribution in [0.5, 0.6) is 0 Å². The Morgan fingerprint density at radius 1 is 1.00 bits per heavy atom. The zero-order chi connectivity index (χ0) is 18.4. The van der Waals surface area contributed by atoms with Gasteiger partial charge in [0.1, 0.15) is 0 Å². The number of rotatable bonds is 5. The van der Waals surface area contributed by atoms with Crippen LogP contribution in [0, 0.1) is 0 Å².